The Morgan fingerprint density at radius 1 is 1.55 bits per heavy atom. The van der Waals surface area contributed by atoms with Crippen molar-refractivity contribution in [2.75, 3.05) is 13.7 Å². The van der Waals surface area contributed by atoms with E-state index >= 15 is 0 Å². The van der Waals surface area contributed by atoms with Gasteiger partial charge in [0.25, 0.3) is 0 Å². The van der Waals surface area contributed by atoms with E-state index in [1.807, 2.05) is 0 Å². The lowest BCUT2D eigenvalue weighted by Gasteiger charge is -2.13. The molecule has 66 valence electrons. The molecule has 0 heterocycles. The van der Waals surface area contributed by atoms with Crippen LogP contribution in [0.3, 0.4) is 0 Å². The molecule has 0 aliphatic heterocycles. The van der Waals surface area contributed by atoms with Crippen LogP contribution in [0.4, 0.5) is 0 Å². The Kier molecular flexibility index (Phi) is 5.84. The van der Waals surface area contributed by atoms with Crippen LogP contribution in [0.25, 0.3) is 0 Å². The van der Waals surface area contributed by atoms with Crippen molar-refractivity contribution in [1.82, 2.24) is 0 Å². The molecule has 3 nitrogen and oxygen atoms in total. The standard InChI is InChI=1S/C8H16O3/c1-4-5-8(10-3)6-11-7(2)9/h8H,4-6H2,1-3H3. The van der Waals surface area contributed by atoms with E-state index in [2.05, 4.69) is 6.92 Å². The molecule has 3 heteroatoms. The molecule has 0 saturated heterocycles. The van der Waals surface area contributed by atoms with Gasteiger partial charge in [0, 0.05) is 14.0 Å². The van der Waals surface area contributed by atoms with E-state index in [9.17, 15) is 4.79 Å². The van der Waals surface area contributed by atoms with Crippen LogP contribution in [0.1, 0.15) is 26.7 Å². The first-order valence-corrected chi connectivity index (χ1v) is 3.86. The predicted octanol–water partition coefficient (Wildman–Crippen LogP) is 1.36. The molecule has 0 N–H and O–H groups in total. The van der Waals surface area contributed by atoms with Gasteiger partial charge >= 0.3 is 5.97 Å². The third-order valence-corrected chi connectivity index (χ3v) is 1.42. The van der Waals surface area contributed by atoms with Crippen LogP contribution >= 0.6 is 0 Å². The van der Waals surface area contributed by atoms with E-state index in [0.29, 0.717) is 6.61 Å². The molecule has 0 radical (unpaired) electrons. The van der Waals surface area contributed by atoms with Crippen molar-refractivity contribution in [1.29, 1.82) is 0 Å². The Hall–Kier alpha value is -0.570. The van der Waals surface area contributed by atoms with Gasteiger partial charge in [-0.15, -0.1) is 0 Å². The van der Waals surface area contributed by atoms with Gasteiger partial charge in [0.05, 0.1) is 6.10 Å². The summed E-state index contributed by atoms with van der Waals surface area (Å²) in [5.74, 6) is -0.247. The number of ether oxygens (including phenoxy) is 2. The molecule has 0 fully saturated rings. The molecule has 0 spiro atoms. The molecule has 1 unspecified atom stereocenters. The van der Waals surface area contributed by atoms with Crippen LogP contribution < -0.4 is 0 Å². The van der Waals surface area contributed by atoms with Crippen LogP contribution in [-0.4, -0.2) is 25.8 Å². The Balaban J connectivity index is 3.43. The van der Waals surface area contributed by atoms with Crippen molar-refractivity contribution < 1.29 is 14.3 Å². The summed E-state index contributed by atoms with van der Waals surface area (Å²) in [6.45, 7) is 3.85. The average molecular weight is 160 g/mol. The third kappa shape index (κ3) is 5.85. The number of hydrogen-bond donors (Lipinski definition) is 0. The van der Waals surface area contributed by atoms with E-state index in [-0.39, 0.29) is 12.1 Å². The summed E-state index contributed by atoms with van der Waals surface area (Å²) in [5.41, 5.74) is 0. The minimum atomic E-state index is -0.247. The maximum atomic E-state index is 10.4. The quantitative estimate of drug-likeness (QED) is 0.570. The number of hydrogen-bond acceptors (Lipinski definition) is 3. The van der Waals surface area contributed by atoms with Gasteiger partial charge in [0.1, 0.15) is 6.61 Å². The Morgan fingerprint density at radius 3 is 2.55 bits per heavy atom. The molecule has 0 bridgehead atoms. The summed E-state index contributed by atoms with van der Waals surface area (Å²) in [6, 6.07) is 0. The first kappa shape index (κ1) is 10.4. The van der Waals surface area contributed by atoms with Crippen LogP contribution in [0.5, 0.6) is 0 Å². The fourth-order valence-electron chi connectivity index (χ4n) is 0.802. The van der Waals surface area contributed by atoms with E-state index in [0.717, 1.165) is 12.8 Å². The fraction of sp³-hybridized carbons (Fsp3) is 0.875. The molecule has 0 aliphatic carbocycles. The van der Waals surface area contributed by atoms with Crippen molar-refractivity contribution in [2.45, 2.75) is 32.8 Å². The van der Waals surface area contributed by atoms with Gasteiger partial charge < -0.3 is 9.47 Å². The number of carbonyl (C=O) groups is 1. The first-order chi connectivity index (χ1) is 5.20. The van der Waals surface area contributed by atoms with E-state index in [1.54, 1.807) is 7.11 Å². The van der Waals surface area contributed by atoms with Crippen molar-refractivity contribution in [3.05, 3.63) is 0 Å². The number of rotatable bonds is 5. The summed E-state index contributed by atoms with van der Waals surface area (Å²) in [6.07, 6.45) is 2.03. The van der Waals surface area contributed by atoms with Crippen molar-refractivity contribution >= 4 is 5.97 Å². The van der Waals surface area contributed by atoms with Crippen LogP contribution in [-0.2, 0) is 14.3 Å². The zero-order valence-electron chi connectivity index (χ0n) is 7.42. The maximum Gasteiger partial charge on any atom is 0.302 e. The second kappa shape index (κ2) is 6.16. The Labute approximate surface area is 67.7 Å². The Bertz CT molecular complexity index is 112. The van der Waals surface area contributed by atoms with Gasteiger partial charge in [-0.25, -0.2) is 0 Å². The number of esters is 1. The van der Waals surface area contributed by atoms with Gasteiger partial charge in [-0.3, -0.25) is 4.79 Å². The van der Waals surface area contributed by atoms with Crippen LogP contribution in [0, 0.1) is 0 Å². The monoisotopic (exact) mass is 160 g/mol. The van der Waals surface area contributed by atoms with E-state index in [4.69, 9.17) is 9.47 Å². The van der Waals surface area contributed by atoms with Gasteiger partial charge in [0.2, 0.25) is 0 Å². The molecule has 0 aliphatic rings. The van der Waals surface area contributed by atoms with E-state index < -0.39 is 0 Å². The number of carbonyl (C=O) groups excluding carboxylic acids is 1. The topological polar surface area (TPSA) is 35.5 Å². The number of methoxy groups -OCH3 is 1. The lowest BCUT2D eigenvalue weighted by molar-refractivity contribution is -0.144. The highest BCUT2D eigenvalue weighted by Crippen LogP contribution is 2.00. The maximum absolute atomic E-state index is 10.4. The summed E-state index contributed by atoms with van der Waals surface area (Å²) in [7, 11) is 1.63. The highest BCUT2D eigenvalue weighted by molar-refractivity contribution is 5.65. The summed E-state index contributed by atoms with van der Waals surface area (Å²) in [4.78, 5) is 10.4. The van der Waals surface area contributed by atoms with Gasteiger partial charge in [0.15, 0.2) is 0 Å². The van der Waals surface area contributed by atoms with Crippen molar-refractivity contribution in [3.63, 3.8) is 0 Å². The normalized spacial score (nSPS) is 12.6. The third-order valence-electron chi connectivity index (χ3n) is 1.42. The summed E-state index contributed by atoms with van der Waals surface area (Å²) in [5, 5.41) is 0. The zero-order chi connectivity index (χ0) is 8.69. The molecule has 0 amide bonds. The minimum absolute atomic E-state index is 0.0592. The molecule has 0 aromatic rings. The molecule has 0 rings (SSSR count). The van der Waals surface area contributed by atoms with Gasteiger partial charge in [-0.1, -0.05) is 13.3 Å². The van der Waals surface area contributed by atoms with E-state index in [1.165, 1.54) is 6.92 Å². The van der Waals surface area contributed by atoms with Crippen molar-refractivity contribution in [2.24, 2.45) is 0 Å². The SMILES string of the molecule is CCCC(COC(C)=O)OC. The molecule has 0 aromatic heterocycles. The highest BCUT2D eigenvalue weighted by atomic mass is 16.6. The van der Waals surface area contributed by atoms with Crippen LogP contribution in [0.2, 0.25) is 0 Å². The average Bonchev–Trinajstić information content (AvgIpc) is 1.97. The molecule has 0 aromatic carbocycles. The van der Waals surface area contributed by atoms with Crippen molar-refractivity contribution in [3.8, 4) is 0 Å². The molecular formula is C8H16O3. The first-order valence-electron chi connectivity index (χ1n) is 3.86. The zero-order valence-corrected chi connectivity index (χ0v) is 7.42. The highest BCUT2D eigenvalue weighted by Gasteiger charge is 2.06. The second-order valence-electron chi connectivity index (χ2n) is 2.45. The molecule has 0 saturated carbocycles. The Morgan fingerprint density at radius 2 is 2.18 bits per heavy atom. The van der Waals surface area contributed by atoms with Crippen LogP contribution in [0.15, 0.2) is 0 Å². The smallest absolute Gasteiger partial charge is 0.302 e. The molecule has 11 heavy (non-hydrogen) atoms. The van der Waals surface area contributed by atoms with Gasteiger partial charge in [-0.05, 0) is 6.42 Å². The lowest BCUT2D eigenvalue weighted by Crippen LogP contribution is -2.19. The summed E-state index contributed by atoms with van der Waals surface area (Å²) >= 11 is 0. The largest absolute Gasteiger partial charge is 0.463 e. The molecule has 1 atom stereocenters. The minimum Gasteiger partial charge on any atom is -0.463 e. The fourth-order valence-corrected chi connectivity index (χ4v) is 0.802. The second-order valence-corrected chi connectivity index (χ2v) is 2.45. The van der Waals surface area contributed by atoms with Gasteiger partial charge in [-0.2, -0.15) is 0 Å². The summed E-state index contributed by atoms with van der Waals surface area (Å²) < 4.78 is 9.85. The predicted molar refractivity (Wildman–Crippen MR) is 42.3 cm³/mol. The molecular weight excluding hydrogens is 144 g/mol. The lowest BCUT2D eigenvalue weighted by atomic mass is 10.2.